The fourth-order valence-corrected chi connectivity index (χ4v) is 5.42. The van der Waals surface area contributed by atoms with E-state index in [-0.39, 0.29) is 5.91 Å². The van der Waals surface area contributed by atoms with E-state index < -0.39 is 11.2 Å². The number of ether oxygens (including phenoxy) is 1. The van der Waals surface area contributed by atoms with Crippen LogP contribution in [-0.2, 0) is 9.53 Å². The molecule has 31 heavy (non-hydrogen) atoms. The lowest BCUT2D eigenvalue weighted by atomic mass is 10.1. The van der Waals surface area contributed by atoms with Crippen molar-refractivity contribution in [1.82, 2.24) is 14.6 Å². The van der Waals surface area contributed by atoms with E-state index in [1.807, 2.05) is 61.6 Å². The molecule has 0 saturated carbocycles. The number of carbonyl (C=O) groups excluding carboxylic acids is 2. The van der Waals surface area contributed by atoms with E-state index in [0.717, 1.165) is 27.0 Å². The van der Waals surface area contributed by atoms with Crippen molar-refractivity contribution in [3.05, 3.63) is 52.4 Å². The molecule has 0 spiro atoms. The molecule has 7 nitrogen and oxygen atoms in total. The Morgan fingerprint density at radius 2 is 1.97 bits per heavy atom. The standard InChI is InChI=1S/C22H22N4O3S2/c1-5-16(19(27)23-20-18(21(28)29-4)12(2)13(3)30-20)31-22-25-24-17-11-10-14-8-6-7-9-15(14)26(17)22/h6-11,16H,5H2,1-4H3,(H,23,27). The summed E-state index contributed by atoms with van der Waals surface area (Å²) in [5.41, 5.74) is 2.95. The second-order valence-corrected chi connectivity index (χ2v) is 9.45. The van der Waals surface area contributed by atoms with Gasteiger partial charge < -0.3 is 10.1 Å². The average Bonchev–Trinajstić information content (AvgIpc) is 3.31. The Kier molecular flexibility index (Phi) is 5.97. The van der Waals surface area contributed by atoms with Crippen LogP contribution in [0.4, 0.5) is 5.00 Å². The zero-order chi connectivity index (χ0) is 22.1. The van der Waals surface area contributed by atoms with Gasteiger partial charge >= 0.3 is 5.97 Å². The number of thioether (sulfide) groups is 1. The summed E-state index contributed by atoms with van der Waals surface area (Å²) in [6, 6.07) is 11.9. The van der Waals surface area contributed by atoms with Crippen molar-refractivity contribution >= 4 is 56.5 Å². The summed E-state index contributed by atoms with van der Waals surface area (Å²) in [6.07, 6.45) is 0.590. The number of methoxy groups -OCH3 is 1. The van der Waals surface area contributed by atoms with E-state index in [0.29, 0.717) is 22.1 Å². The first kappa shape index (κ1) is 21.3. The largest absolute Gasteiger partial charge is 0.465 e. The van der Waals surface area contributed by atoms with Gasteiger partial charge in [-0.25, -0.2) is 4.79 Å². The second-order valence-electron chi connectivity index (χ2n) is 7.05. The highest BCUT2D eigenvalue weighted by molar-refractivity contribution is 8.00. The van der Waals surface area contributed by atoms with Gasteiger partial charge in [-0.2, -0.15) is 0 Å². The number of anilines is 1. The summed E-state index contributed by atoms with van der Waals surface area (Å²) >= 11 is 2.74. The smallest absolute Gasteiger partial charge is 0.341 e. The number of esters is 1. The van der Waals surface area contributed by atoms with Crippen LogP contribution >= 0.6 is 23.1 Å². The van der Waals surface area contributed by atoms with Gasteiger partial charge in [0.05, 0.1) is 23.4 Å². The summed E-state index contributed by atoms with van der Waals surface area (Å²) in [5.74, 6) is -0.635. The SMILES string of the molecule is CCC(Sc1nnc2ccc3ccccc3n12)C(=O)Nc1sc(C)c(C)c1C(=O)OC. The molecule has 4 aromatic rings. The normalized spacial score (nSPS) is 12.3. The maximum Gasteiger partial charge on any atom is 0.341 e. The molecule has 0 fully saturated rings. The number of hydrogen-bond donors (Lipinski definition) is 1. The zero-order valence-corrected chi connectivity index (χ0v) is 19.3. The molecule has 4 rings (SSSR count). The number of thiophene rings is 1. The van der Waals surface area contributed by atoms with E-state index in [9.17, 15) is 9.59 Å². The molecular formula is C22H22N4O3S2. The minimum absolute atomic E-state index is 0.184. The van der Waals surface area contributed by atoms with E-state index in [1.165, 1.54) is 30.2 Å². The van der Waals surface area contributed by atoms with Gasteiger partial charge in [0.25, 0.3) is 0 Å². The molecule has 1 atom stereocenters. The first-order chi connectivity index (χ1) is 14.9. The molecule has 0 saturated heterocycles. The Hall–Kier alpha value is -2.91. The number of fused-ring (bicyclic) bond motifs is 3. The number of nitrogens with zero attached hydrogens (tertiary/aromatic N) is 3. The van der Waals surface area contributed by atoms with Crippen molar-refractivity contribution < 1.29 is 14.3 Å². The summed E-state index contributed by atoms with van der Waals surface area (Å²) in [4.78, 5) is 26.3. The number of pyridine rings is 1. The number of nitrogens with one attached hydrogen (secondary N) is 1. The molecule has 0 aliphatic rings. The topological polar surface area (TPSA) is 85.6 Å². The van der Waals surface area contributed by atoms with Gasteiger partial charge in [-0.3, -0.25) is 9.20 Å². The maximum atomic E-state index is 13.1. The Morgan fingerprint density at radius 3 is 2.71 bits per heavy atom. The number of aryl methyl sites for hydroxylation is 1. The van der Waals surface area contributed by atoms with E-state index in [1.54, 1.807) is 0 Å². The van der Waals surface area contributed by atoms with E-state index in [2.05, 4.69) is 15.5 Å². The van der Waals surface area contributed by atoms with Crippen LogP contribution in [0.3, 0.4) is 0 Å². The van der Waals surface area contributed by atoms with Crippen LogP contribution in [0, 0.1) is 13.8 Å². The molecule has 0 aliphatic heterocycles. The fraction of sp³-hybridized carbons (Fsp3) is 0.273. The van der Waals surface area contributed by atoms with Gasteiger partial charge in [-0.15, -0.1) is 21.5 Å². The van der Waals surface area contributed by atoms with Crippen LogP contribution in [-0.4, -0.2) is 38.8 Å². The molecule has 3 aromatic heterocycles. The quantitative estimate of drug-likeness (QED) is 0.331. The molecule has 0 bridgehead atoms. The van der Waals surface area contributed by atoms with Crippen LogP contribution < -0.4 is 5.32 Å². The lowest BCUT2D eigenvalue weighted by molar-refractivity contribution is -0.115. The van der Waals surface area contributed by atoms with Crippen molar-refractivity contribution in [2.45, 2.75) is 37.6 Å². The lowest BCUT2D eigenvalue weighted by Crippen LogP contribution is -2.25. The van der Waals surface area contributed by atoms with E-state index >= 15 is 0 Å². The van der Waals surface area contributed by atoms with Crippen molar-refractivity contribution in [1.29, 1.82) is 0 Å². The Labute approximate surface area is 187 Å². The number of benzene rings is 1. The highest BCUT2D eigenvalue weighted by Gasteiger charge is 2.26. The van der Waals surface area contributed by atoms with Crippen molar-refractivity contribution in [3.63, 3.8) is 0 Å². The van der Waals surface area contributed by atoms with Crippen LogP contribution in [0.2, 0.25) is 0 Å². The van der Waals surface area contributed by atoms with Crippen LogP contribution in [0.15, 0.2) is 41.6 Å². The second kappa shape index (κ2) is 8.68. The van der Waals surface area contributed by atoms with Gasteiger partial charge in [-0.1, -0.05) is 36.9 Å². The molecule has 0 radical (unpaired) electrons. The van der Waals surface area contributed by atoms with Crippen molar-refractivity contribution in [2.75, 3.05) is 12.4 Å². The predicted octanol–water partition coefficient (Wildman–Crippen LogP) is 4.86. The summed E-state index contributed by atoms with van der Waals surface area (Å²) in [6.45, 7) is 5.72. The first-order valence-corrected chi connectivity index (χ1v) is 11.5. The highest BCUT2D eigenvalue weighted by atomic mass is 32.2. The molecule has 0 aliphatic carbocycles. The number of carbonyl (C=O) groups is 2. The van der Waals surface area contributed by atoms with Crippen molar-refractivity contribution in [3.8, 4) is 0 Å². The molecular weight excluding hydrogens is 432 g/mol. The van der Waals surface area contributed by atoms with Gasteiger partial charge in [0.2, 0.25) is 5.91 Å². The number of aromatic nitrogens is 3. The van der Waals surface area contributed by atoms with Crippen LogP contribution in [0.5, 0.6) is 0 Å². The van der Waals surface area contributed by atoms with Gasteiger partial charge in [0.1, 0.15) is 5.00 Å². The average molecular weight is 455 g/mol. The number of rotatable bonds is 6. The van der Waals surface area contributed by atoms with Gasteiger partial charge in [0, 0.05) is 4.88 Å². The van der Waals surface area contributed by atoms with E-state index in [4.69, 9.17) is 4.74 Å². The number of hydrogen-bond acceptors (Lipinski definition) is 7. The minimum atomic E-state index is -0.451. The molecule has 1 unspecified atom stereocenters. The Balaban J connectivity index is 1.64. The molecule has 1 N–H and O–H groups in total. The van der Waals surface area contributed by atoms with Crippen LogP contribution in [0.25, 0.3) is 16.6 Å². The third-order valence-corrected chi connectivity index (χ3v) is 7.60. The molecule has 1 aromatic carbocycles. The Morgan fingerprint density at radius 1 is 1.19 bits per heavy atom. The number of para-hydroxylation sites is 1. The van der Waals surface area contributed by atoms with Gasteiger partial charge in [-0.05, 0) is 49.4 Å². The zero-order valence-electron chi connectivity index (χ0n) is 17.6. The molecule has 160 valence electrons. The predicted molar refractivity (Wildman–Crippen MR) is 124 cm³/mol. The first-order valence-electron chi connectivity index (χ1n) is 9.83. The fourth-order valence-electron chi connectivity index (χ4n) is 3.39. The number of amides is 1. The third kappa shape index (κ3) is 3.90. The highest BCUT2D eigenvalue weighted by Crippen LogP contribution is 2.34. The monoisotopic (exact) mass is 454 g/mol. The maximum absolute atomic E-state index is 13.1. The third-order valence-electron chi connectivity index (χ3n) is 5.17. The van der Waals surface area contributed by atoms with Crippen LogP contribution in [0.1, 0.15) is 34.1 Å². The summed E-state index contributed by atoms with van der Waals surface area (Å²) in [5, 5.41) is 13.4. The Bertz CT molecular complexity index is 1290. The molecule has 9 heteroatoms. The minimum Gasteiger partial charge on any atom is -0.465 e. The lowest BCUT2D eigenvalue weighted by Gasteiger charge is -2.14. The van der Waals surface area contributed by atoms with Gasteiger partial charge in [0.15, 0.2) is 10.8 Å². The summed E-state index contributed by atoms with van der Waals surface area (Å²) in [7, 11) is 1.34. The van der Waals surface area contributed by atoms with Crippen molar-refractivity contribution in [2.24, 2.45) is 0 Å². The molecule has 1 amide bonds. The summed E-state index contributed by atoms with van der Waals surface area (Å²) < 4.78 is 6.87. The molecule has 3 heterocycles.